The predicted octanol–water partition coefficient (Wildman–Crippen LogP) is 8.14. The number of nitrogens with zero attached hydrogens (tertiary/aromatic N) is 1. The van der Waals surface area contributed by atoms with E-state index < -0.39 is 12.0 Å². The fourth-order valence-electron chi connectivity index (χ4n) is 4.57. The van der Waals surface area contributed by atoms with E-state index in [4.69, 9.17) is 15.2 Å². The number of allylic oxidation sites excluding steroid dienone is 1. The van der Waals surface area contributed by atoms with Crippen molar-refractivity contribution in [2.45, 2.75) is 99.1 Å². The van der Waals surface area contributed by atoms with E-state index in [1.54, 1.807) is 25.5 Å². The lowest BCUT2D eigenvalue weighted by Gasteiger charge is -2.36. The number of fused-ring (bicyclic) bond motifs is 1. The quantitative estimate of drug-likeness (QED) is 0.0993. The molecule has 1 amide bonds. The van der Waals surface area contributed by atoms with Crippen molar-refractivity contribution in [2.24, 2.45) is 5.73 Å². The first-order valence-electron chi connectivity index (χ1n) is 17.4. The van der Waals surface area contributed by atoms with Crippen LogP contribution in [0.2, 0.25) is 0 Å². The number of para-hydroxylation sites is 1. The number of amides is 1. The second kappa shape index (κ2) is 31.1. The van der Waals surface area contributed by atoms with Crippen LogP contribution in [0.1, 0.15) is 96.5 Å². The molecule has 0 saturated heterocycles. The van der Waals surface area contributed by atoms with Gasteiger partial charge in [-0.25, -0.2) is 4.39 Å². The van der Waals surface area contributed by atoms with E-state index in [-0.39, 0.29) is 6.04 Å². The Morgan fingerprint density at radius 3 is 2.33 bits per heavy atom. The smallest absolute Gasteiger partial charge is 0.249 e. The largest absolute Gasteiger partial charge is 0.497 e. The number of halogens is 1. The zero-order valence-electron chi connectivity index (χ0n) is 30.9. The highest BCUT2D eigenvalue weighted by atomic mass is 31.0. The molecular weight excluding hydrogens is 624 g/mol. The highest BCUT2D eigenvalue weighted by Crippen LogP contribution is 2.30. The van der Waals surface area contributed by atoms with Gasteiger partial charge in [0, 0.05) is 35.6 Å². The normalized spacial score (nSPS) is 13.8. The van der Waals surface area contributed by atoms with E-state index in [1.807, 2.05) is 64.1 Å². The standard InChI is InChI=1S/C25H37FN3O3P.C7H8O.C3H8.2C2H6/c1-3-5-13-29(14-10-22(30)18(7-6-11-26)16-28-12-4-2)19-15-21-20(25(27)31)8-9-23(33)24(21)32-17-19;1-8-7-5-3-2-4-6-7;1-3-2;2*1-2/h4,6,8-9,11,16,19,22,28,30H,2-3,5,7,10,12-15,17,33H2,1H3,(H2,27,31);2-6H,1H3;3H2,1-2H3;2*1-2H3/b11-6+,18-16+;;;;. The summed E-state index contributed by atoms with van der Waals surface area (Å²) >= 11 is 0. The molecule has 3 rings (SSSR count). The van der Waals surface area contributed by atoms with Crippen LogP contribution in [0.3, 0.4) is 0 Å². The first-order valence-corrected chi connectivity index (χ1v) is 18.0. The molecule has 272 valence electrons. The summed E-state index contributed by atoms with van der Waals surface area (Å²) in [5.41, 5.74) is 7.67. The predicted molar refractivity (Wildman–Crippen MR) is 207 cm³/mol. The summed E-state index contributed by atoms with van der Waals surface area (Å²) in [6, 6.07) is 13.3. The Kier molecular flexibility index (Phi) is 30.4. The minimum atomic E-state index is -0.709. The molecule has 9 heteroatoms. The van der Waals surface area contributed by atoms with E-state index in [9.17, 15) is 14.3 Å². The highest BCUT2D eigenvalue weighted by Gasteiger charge is 2.29. The average molecular weight is 690 g/mol. The maximum Gasteiger partial charge on any atom is 0.249 e. The van der Waals surface area contributed by atoms with E-state index in [1.165, 1.54) is 12.5 Å². The molecule has 0 bridgehead atoms. The molecule has 0 radical (unpaired) electrons. The van der Waals surface area contributed by atoms with E-state index in [2.05, 4.69) is 46.8 Å². The van der Waals surface area contributed by atoms with Gasteiger partial charge in [-0.1, -0.05) is 97.7 Å². The number of ether oxygens (including phenoxy) is 2. The van der Waals surface area contributed by atoms with Crippen molar-refractivity contribution in [3.05, 3.63) is 90.4 Å². The molecule has 3 atom stereocenters. The van der Waals surface area contributed by atoms with Crippen LogP contribution in [0.15, 0.2) is 79.3 Å². The van der Waals surface area contributed by atoms with Gasteiger partial charge in [0.05, 0.1) is 19.5 Å². The van der Waals surface area contributed by atoms with Gasteiger partial charge in [0.2, 0.25) is 5.91 Å². The van der Waals surface area contributed by atoms with Crippen LogP contribution in [0.4, 0.5) is 4.39 Å². The number of primary amides is 1. The molecule has 2 aromatic rings. The van der Waals surface area contributed by atoms with Crippen molar-refractivity contribution in [1.82, 2.24) is 10.2 Å². The average Bonchev–Trinajstić information content (AvgIpc) is 3.12. The summed E-state index contributed by atoms with van der Waals surface area (Å²) in [4.78, 5) is 14.3. The van der Waals surface area contributed by atoms with Crippen LogP contribution >= 0.6 is 9.24 Å². The van der Waals surface area contributed by atoms with E-state index in [0.29, 0.717) is 50.9 Å². The summed E-state index contributed by atoms with van der Waals surface area (Å²) in [6.45, 7) is 20.6. The molecule has 4 N–H and O–H groups in total. The minimum Gasteiger partial charge on any atom is -0.497 e. The Hall–Kier alpha value is -3.19. The maximum atomic E-state index is 12.6. The fourth-order valence-corrected chi connectivity index (χ4v) is 4.93. The van der Waals surface area contributed by atoms with Crippen LogP contribution in [0.5, 0.6) is 11.5 Å². The van der Waals surface area contributed by atoms with Gasteiger partial charge in [0.1, 0.15) is 18.1 Å². The summed E-state index contributed by atoms with van der Waals surface area (Å²) in [7, 11) is 4.31. The fraction of sp³-hybridized carbons (Fsp3) is 0.513. The Labute approximate surface area is 294 Å². The third-order valence-corrected chi connectivity index (χ3v) is 7.28. The Morgan fingerprint density at radius 1 is 1.17 bits per heavy atom. The number of benzene rings is 2. The second-order valence-electron chi connectivity index (χ2n) is 10.4. The molecule has 0 spiro atoms. The van der Waals surface area contributed by atoms with Crippen LogP contribution in [0, 0.1) is 0 Å². The molecule has 1 aliphatic rings. The van der Waals surface area contributed by atoms with Gasteiger partial charge in [0.15, 0.2) is 0 Å². The van der Waals surface area contributed by atoms with Gasteiger partial charge in [-0.15, -0.1) is 15.8 Å². The summed E-state index contributed by atoms with van der Waals surface area (Å²) in [6.07, 6.45) is 9.43. The molecule has 0 aliphatic carbocycles. The molecule has 3 unspecified atom stereocenters. The Bertz CT molecular complexity index is 1160. The number of rotatable bonds is 15. The van der Waals surface area contributed by atoms with Crippen molar-refractivity contribution < 1.29 is 23.8 Å². The van der Waals surface area contributed by atoms with Gasteiger partial charge in [0.25, 0.3) is 0 Å². The number of methoxy groups -OCH3 is 1. The minimum absolute atomic E-state index is 0.0678. The lowest BCUT2D eigenvalue weighted by molar-refractivity contribution is 0.0952. The van der Waals surface area contributed by atoms with E-state index in [0.717, 1.165) is 47.3 Å². The zero-order valence-corrected chi connectivity index (χ0v) is 32.1. The number of carbonyl (C=O) groups is 1. The molecular formula is C39H65FN3O4P. The van der Waals surface area contributed by atoms with Crippen molar-refractivity contribution in [3.63, 3.8) is 0 Å². The molecule has 1 aliphatic heterocycles. The molecule has 0 aromatic heterocycles. The van der Waals surface area contributed by atoms with Gasteiger partial charge in [-0.2, -0.15) is 0 Å². The van der Waals surface area contributed by atoms with Crippen molar-refractivity contribution in [1.29, 1.82) is 0 Å². The number of nitrogens with two attached hydrogens (primary N) is 1. The SMILES string of the molecule is C=CCN/C=C(\C/C=C/F)C(O)CCN(CCCC)C1COc2c(P)ccc(C(N)=O)c2C1.CC.CC.CCC.COc1ccccc1. The monoisotopic (exact) mass is 689 g/mol. The van der Waals surface area contributed by atoms with Crippen LogP contribution < -0.4 is 25.8 Å². The number of hydrogen-bond acceptors (Lipinski definition) is 6. The molecule has 0 fully saturated rings. The summed E-state index contributed by atoms with van der Waals surface area (Å²) in [5.74, 6) is 1.17. The number of aliphatic hydroxyl groups is 1. The zero-order chi connectivity index (χ0) is 36.7. The van der Waals surface area contributed by atoms with Gasteiger partial charge >= 0.3 is 0 Å². The van der Waals surface area contributed by atoms with Gasteiger partial charge < -0.3 is 25.6 Å². The van der Waals surface area contributed by atoms with Crippen LogP contribution in [-0.2, 0) is 6.42 Å². The Morgan fingerprint density at radius 2 is 1.81 bits per heavy atom. The topological polar surface area (TPSA) is 97.0 Å². The maximum absolute atomic E-state index is 12.6. The highest BCUT2D eigenvalue weighted by molar-refractivity contribution is 7.27. The summed E-state index contributed by atoms with van der Waals surface area (Å²) < 4.78 is 23.5. The first-order chi connectivity index (χ1) is 23.3. The number of aliphatic hydroxyl groups excluding tert-OH is 1. The van der Waals surface area contributed by atoms with E-state index >= 15 is 0 Å². The van der Waals surface area contributed by atoms with Gasteiger partial charge in [-0.05, 0) is 62.2 Å². The number of carbonyl (C=O) groups excluding carboxylic acids is 1. The van der Waals surface area contributed by atoms with Crippen LogP contribution in [0.25, 0.3) is 0 Å². The van der Waals surface area contributed by atoms with Crippen molar-refractivity contribution in [3.8, 4) is 11.5 Å². The van der Waals surface area contributed by atoms with Crippen molar-refractivity contribution in [2.75, 3.05) is 33.4 Å². The number of unbranched alkanes of at least 4 members (excludes halogenated alkanes) is 1. The Balaban J connectivity index is 0. The van der Waals surface area contributed by atoms with Crippen molar-refractivity contribution >= 4 is 20.5 Å². The molecule has 1 heterocycles. The third kappa shape index (κ3) is 19.0. The van der Waals surface area contributed by atoms with Crippen LogP contribution in [-0.4, -0.2) is 61.4 Å². The summed E-state index contributed by atoms with van der Waals surface area (Å²) in [5, 5.41) is 14.8. The number of nitrogens with one attached hydrogen (secondary N) is 1. The molecule has 7 nitrogen and oxygen atoms in total. The molecule has 2 aromatic carbocycles. The third-order valence-electron chi connectivity index (χ3n) is 6.82. The lowest BCUT2D eigenvalue weighted by atomic mass is 9.95. The molecule has 0 saturated carbocycles. The number of hydrogen-bond donors (Lipinski definition) is 3. The molecule has 48 heavy (non-hydrogen) atoms. The van der Waals surface area contributed by atoms with Gasteiger partial charge in [-0.3, -0.25) is 9.69 Å². The first kappa shape index (κ1) is 46.9. The second-order valence-corrected chi connectivity index (χ2v) is 11.1. The lowest BCUT2D eigenvalue weighted by Crippen LogP contribution is -2.46.